The predicted octanol–water partition coefficient (Wildman–Crippen LogP) is 1.33. The molecule has 178 valence electrons. The van der Waals surface area contributed by atoms with Crippen molar-refractivity contribution in [3.63, 3.8) is 0 Å². The van der Waals surface area contributed by atoms with Crippen molar-refractivity contribution in [2.24, 2.45) is 0 Å². The summed E-state index contributed by atoms with van der Waals surface area (Å²) in [4.78, 5) is 37.0. The first-order valence-corrected chi connectivity index (χ1v) is 12.4. The summed E-state index contributed by atoms with van der Waals surface area (Å²) in [6.45, 7) is 12.2. The van der Waals surface area contributed by atoms with E-state index >= 15 is 0 Å². The average molecular weight is 446 g/mol. The summed E-state index contributed by atoms with van der Waals surface area (Å²) >= 11 is 0. The van der Waals surface area contributed by atoms with Gasteiger partial charge in [0.05, 0.1) is 24.9 Å². The number of aryl methyl sites for hydroxylation is 1. The van der Waals surface area contributed by atoms with Gasteiger partial charge in [-0.3, -0.25) is 24.0 Å². The van der Waals surface area contributed by atoms with Crippen molar-refractivity contribution in [3.8, 4) is 0 Å². The van der Waals surface area contributed by atoms with Gasteiger partial charge in [0.2, 0.25) is 5.91 Å². The predicted molar refractivity (Wildman–Crippen MR) is 124 cm³/mol. The highest BCUT2D eigenvalue weighted by Gasteiger charge is 2.29. The summed E-state index contributed by atoms with van der Waals surface area (Å²) in [5, 5.41) is 0. The fourth-order valence-electron chi connectivity index (χ4n) is 5.09. The lowest BCUT2D eigenvalue weighted by atomic mass is 10.0. The Labute approximate surface area is 191 Å². The largest absolute Gasteiger partial charge is 0.377 e. The molecular weight excluding hydrogens is 406 g/mol. The molecule has 0 spiro atoms. The zero-order valence-electron chi connectivity index (χ0n) is 19.8. The van der Waals surface area contributed by atoms with Crippen LogP contribution in [0.5, 0.6) is 0 Å². The number of piperazine rings is 1. The Hall–Kier alpha value is -1.77. The van der Waals surface area contributed by atoms with Gasteiger partial charge in [0.25, 0.3) is 5.56 Å². The molecule has 1 amide bonds. The molecular formula is C24H39N5O3. The minimum atomic E-state index is 0.0955. The third kappa shape index (κ3) is 5.97. The molecule has 2 saturated heterocycles. The smallest absolute Gasteiger partial charge is 0.253 e. The van der Waals surface area contributed by atoms with Gasteiger partial charge in [-0.25, -0.2) is 4.98 Å². The molecule has 32 heavy (non-hydrogen) atoms. The lowest BCUT2D eigenvalue weighted by molar-refractivity contribution is -0.134. The number of ether oxygens (including phenoxy) is 1. The second-order valence-electron chi connectivity index (χ2n) is 9.76. The number of carbonyl (C=O) groups excluding carboxylic acids is 1. The van der Waals surface area contributed by atoms with Crippen molar-refractivity contribution in [2.75, 3.05) is 59.0 Å². The first-order valence-electron chi connectivity index (χ1n) is 12.4. The number of nitrogens with zero attached hydrogens (tertiary/aromatic N) is 5. The molecule has 1 aromatic rings. The number of rotatable bonds is 7. The molecule has 1 aromatic heterocycles. The third-order valence-corrected chi connectivity index (χ3v) is 7.02. The second kappa shape index (κ2) is 10.9. The molecule has 0 N–H and O–H groups in total. The maximum absolute atomic E-state index is 12.9. The van der Waals surface area contributed by atoms with Gasteiger partial charge in [-0.05, 0) is 39.7 Å². The Bertz CT molecular complexity index is 831. The van der Waals surface area contributed by atoms with E-state index in [4.69, 9.17) is 9.72 Å². The first kappa shape index (κ1) is 23.4. The highest BCUT2D eigenvalue weighted by Crippen LogP contribution is 2.26. The van der Waals surface area contributed by atoms with E-state index in [-0.39, 0.29) is 23.5 Å². The molecule has 3 aliphatic heterocycles. The molecule has 3 aliphatic rings. The van der Waals surface area contributed by atoms with Crippen LogP contribution in [0.25, 0.3) is 0 Å². The summed E-state index contributed by atoms with van der Waals surface area (Å²) in [5.74, 6) is 1.43. The number of carbonyl (C=O) groups is 1. The molecule has 4 rings (SSSR count). The molecule has 4 heterocycles. The van der Waals surface area contributed by atoms with Crippen LogP contribution in [0.4, 0.5) is 0 Å². The van der Waals surface area contributed by atoms with Crippen molar-refractivity contribution in [1.29, 1.82) is 0 Å². The van der Waals surface area contributed by atoms with E-state index in [2.05, 4.69) is 23.6 Å². The van der Waals surface area contributed by atoms with E-state index in [0.29, 0.717) is 6.54 Å². The number of likely N-dealkylation sites (tertiary alicyclic amines) is 1. The van der Waals surface area contributed by atoms with Gasteiger partial charge >= 0.3 is 0 Å². The monoisotopic (exact) mass is 445 g/mol. The van der Waals surface area contributed by atoms with Crippen molar-refractivity contribution >= 4 is 5.91 Å². The molecule has 0 aliphatic carbocycles. The van der Waals surface area contributed by atoms with Gasteiger partial charge in [-0.15, -0.1) is 0 Å². The van der Waals surface area contributed by atoms with Crippen LogP contribution >= 0.6 is 0 Å². The van der Waals surface area contributed by atoms with E-state index in [1.54, 1.807) is 6.07 Å². The summed E-state index contributed by atoms with van der Waals surface area (Å²) in [6, 6.07) is 1.74. The lowest BCUT2D eigenvalue weighted by Crippen LogP contribution is -2.51. The zero-order chi connectivity index (χ0) is 22.5. The van der Waals surface area contributed by atoms with E-state index in [1.165, 1.54) is 0 Å². The molecule has 8 nitrogen and oxygen atoms in total. The van der Waals surface area contributed by atoms with Crippen molar-refractivity contribution in [3.05, 3.63) is 27.9 Å². The number of hydrogen-bond donors (Lipinski definition) is 0. The highest BCUT2D eigenvalue weighted by atomic mass is 16.5. The minimum absolute atomic E-state index is 0.0955. The molecule has 1 unspecified atom stereocenters. The number of fused-ring (bicyclic) bond motifs is 1. The normalized spacial score (nSPS) is 22.8. The molecule has 1 atom stereocenters. The zero-order valence-corrected chi connectivity index (χ0v) is 19.8. The van der Waals surface area contributed by atoms with Crippen LogP contribution in [-0.4, -0.2) is 95.2 Å². The van der Waals surface area contributed by atoms with Crippen molar-refractivity contribution in [2.45, 2.75) is 64.5 Å². The van der Waals surface area contributed by atoms with Crippen LogP contribution in [0.15, 0.2) is 10.9 Å². The quantitative estimate of drug-likeness (QED) is 0.631. The topological polar surface area (TPSA) is 70.9 Å². The number of hydrogen-bond acceptors (Lipinski definition) is 6. The fourth-order valence-corrected chi connectivity index (χ4v) is 5.09. The maximum Gasteiger partial charge on any atom is 0.253 e. The maximum atomic E-state index is 12.9. The summed E-state index contributed by atoms with van der Waals surface area (Å²) in [5.41, 5.74) is 1.02. The molecule has 0 bridgehead atoms. The van der Waals surface area contributed by atoms with E-state index < -0.39 is 0 Å². The van der Waals surface area contributed by atoms with Gasteiger partial charge in [0.1, 0.15) is 5.82 Å². The Morgan fingerprint density at radius 3 is 2.69 bits per heavy atom. The standard InChI is InChI=1S/C24H39N5O3/c1-19(2)32-15-14-26-10-12-28(13-11-26)24(31)18-27-9-7-20(17-27)21-16-23(30)29-8-5-3-4-6-22(29)25-21/h16,19-20H,3-15,17-18H2,1-2H3. The third-order valence-electron chi connectivity index (χ3n) is 7.02. The van der Waals surface area contributed by atoms with E-state index in [9.17, 15) is 9.59 Å². The number of aromatic nitrogens is 2. The van der Waals surface area contributed by atoms with Crippen LogP contribution in [-0.2, 0) is 22.5 Å². The van der Waals surface area contributed by atoms with Gasteiger partial charge in [0.15, 0.2) is 0 Å². The van der Waals surface area contributed by atoms with Crippen LogP contribution in [0, 0.1) is 0 Å². The van der Waals surface area contributed by atoms with E-state index in [0.717, 1.165) is 103 Å². The molecule has 0 aromatic carbocycles. The Kier molecular flexibility index (Phi) is 7.97. The Morgan fingerprint density at radius 2 is 1.91 bits per heavy atom. The SMILES string of the molecule is CC(C)OCCN1CCN(C(=O)CN2CCC(c3cc(=O)n4c(n3)CCCCC4)C2)CC1. The minimum Gasteiger partial charge on any atom is -0.377 e. The van der Waals surface area contributed by atoms with Crippen LogP contribution in [0.2, 0.25) is 0 Å². The van der Waals surface area contributed by atoms with Gasteiger partial charge in [0, 0.05) is 64.2 Å². The van der Waals surface area contributed by atoms with Gasteiger partial charge < -0.3 is 9.64 Å². The number of amides is 1. The van der Waals surface area contributed by atoms with Crippen molar-refractivity contribution < 1.29 is 9.53 Å². The highest BCUT2D eigenvalue weighted by molar-refractivity contribution is 5.78. The molecule has 2 fully saturated rings. The molecule has 8 heteroatoms. The van der Waals surface area contributed by atoms with Crippen molar-refractivity contribution in [1.82, 2.24) is 24.3 Å². The summed E-state index contributed by atoms with van der Waals surface area (Å²) < 4.78 is 7.51. The Morgan fingerprint density at radius 1 is 1.09 bits per heavy atom. The second-order valence-corrected chi connectivity index (χ2v) is 9.76. The molecule has 0 radical (unpaired) electrons. The summed E-state index contributed by atoms with van der Waals surface area (Å²) in [7, 11) is 0. The average Bonchev–Trinajstić information content (AvgIpc) is 3.09. The van der Waals surface area contributed by atoms with Gasteiger partial charge in [-0.2, -0.15) is 0 Å². The summed E-state index contributed by atoms with van der Waals surface area (Å²) in [6.07, 6.45) is 5.46. The first-order chi connectivity index (χ1) is 15.5. The molecule has 0 saturated carbocycles. The van der Waals surface area contributed by atoms with Crippen LogP contribution in [0.3, 0.4) is 0 Å². The van der Waals surface area contributed by atoms with E-state index in [1.807, 2.05) is 9.47 Å². The Balaban J connectivity index is 1.25. The van der Waals surface area contributed by atoms with Crippen LogP contribution in [0.1, 0.15) is 57.0 Å². The lowest BCUT2D eigenvalue weighted by Gasteiger charge is -2.35. The fraction of sp³-hybridized carbons (Fsp3) is 0.792. The van der Waals surface area contributed by atoms with Gasteiger partial charge in [-0.1, -0.05) is 6.42 Å². The van der Waals surface area contributed by atoms with Crippen LogP contribution < -0.4 is 5.56 Å².